The van der Waals surface area contributed by atoms with Crippen LogP contribution in [0.5, 0.6) is 0 Å². The molecule has 0 aromatic carbocycles. The Morgan fingerprint density at radius 1 is 1.40 bits per heavy atom. The molecule has 0 spiro atoms. The van der Waals surface area contributed by atoms with Crippen molar-refractivity contribution in [3.63, 3.8) is 0 Å². The summed E-state index contributed by atoms with van der Waals surface area (Å²) >= 11 is 1.85. The van der Waals surface area contributed by atoms with Crippen LogP contribution in [0.1, 0.15) is 13.8 Å². The molecule has 0 atom stereocenters. The first kappa shape index (κ1) is 9.75. The molecule has 0 amide bonds. The molecule has 56 valence electrons. The molecular formula is C8H11IO. The van der Waals surface area contributed by atoms with Gasteiger partial charge in [-0.1, -0.05) is 24.3 Å². The van der Waals surface area contributed by atoms with Gasteiger partial charge in [-0.25, -0.2) is 0 Å². The molecule has 10 heavy (non-hydrogen) atoms. The molecule has 0 radical (unpaired) electrons. The SMILES string of the molecule is C=C/C(C)=C\C=C(/C)OI. The fraction of sp³-hybridized carbons (Fsp3) is 0.250. The topological polar surface area (TPSA) is 9.23 Å². The number of halogens is 1. The highest BCUT2D eigenvalue weighted by molar-refractivity contribution is 14.1. The zero-order chi connectivity index (χ0) is 7.98. The lowest BCUT2D eigenvalue weighted by Gasteiger charge is -1.91. The van der Waals surface area contributed by atoms with Crippen LogP contribution in [0.15, 0.2) is 36.1 Å². The fourth-order valence-corrected chi connectivity index (χ4v) is 0.489. The highest BCUT2D eigenvalue weighted by atomic mass is 127. The van der Waals surface area contributed by atoms with E-state index in [4.69, 9.17) is 3.07 Å². The maximum atomic E-state index is 4.90. The van der Waals surface area contributed by atoms with E-state index in [-0.39, 0.29) is 0 Å². The summed E-state index contributed by atoms with van der Waals surface area (Å²) in [6, 6.07) is 0. The third kappa shape index (κ3) is 4.61. The molecule has 2 heteroatoms. The second-order valence-electron chi connectivity index (χ2n) is 1.97. The summed E-state index contributed by atoms with van der Waals surface area (Å²) < 4.78 is 4.90. The molecule has 0 saturated carbocycles. The first-order chi connectivity index (χ1) is 4.70. The summed E-state index contributed by atoms with van der Waals surface area (Å²) in [4.78, 5) is 0. The summed E-state index contributed by atoms with van der Waals surface area (Å²) in [6.45, 7) is 7.52. The Bertz CT molecular complexity index is 168. The van der Waals surface area contributed by atoms with Gasteiger partial charge in [0, 0.05) is 0 Å². The maximum Gasteiger partial charge on any atom is 0.192 e. The molecular weight excluding hydrogens is 239 g/mol. The van der Waals surface area contributed by atoms with Crippen molar-refractivity contribution in [1.82, 2.24) is 0 Å². The van der Waals surface area contributed by atoms with Crippen molar-refractivity contribution in [3.8, 4) is 0 Å². The predicted molar refractivity (Wildman–Crippen MR) is 52.8 cm³/mol. The van der Waals surface area contributed by atoms with E-state index >= 15 is 0 Å². The van der Waals surface area contributed by atoms with Gasteiger partial charge in [0.1, 0.15) is 5.76 Å². The normalized spacial score (nSPS) is 13.1. The summed E-state index contributed by atoms with van der Waals surface area (Å²) in [6.07, 6.45) is 5.67. The molecule has 0 aromatic heterocycles. The molecule has 0 aliphatic carbocycles. The minimum Gasteiger partial charge on any atom is -0.433 e. The molecule has 0 unspecified atom stereocenters. The van der Waals surface area contributed by atoms with Crippen molar-refractivity contribution >= 4 is 23.0 Å². The van der Waals surface area contributed by atoms with Crippen molar-refractivity contribution in [3.05, 3.63) is 36.1 Å². The summed E-state index contributed by atoms with van der Waals surface area (Å²) in [5.41, 5.74) is 1.13. The Hall–Kier alpha value is -0.250. The molecule has 0 aliphatic rings. The predicted octanol–water partition coefficient (Wildman–Crippen LogP) is 3.39. The molecule has 0 rings (SSSR count). The van der Waals surface area contributed by atoms with E-state index in [0.717, 1.165) is 11.3 Å². The Kier molecular flexibility index (Phi) is 5.39. The van der Waals surface area contributed by atoms with Crippen LogP contribution in [0.3, 0.4) is 0 Å². The van der Waals surface area contributed by atoms with Gasteiger partial charge in [-0.15, -0.1) is 0 Å². The Morgan fingerprint density at radius 3 is 2.40 bits per heavy atom. The minimum atomic E-state index is 0.891. The Labute approximate surface area is 76.2 Å². The van der Waals surface area contributed by atoms with Gasteiger partial charge in [0.15, 0.2) is 23.0 Å². The maximum absolute atomic E-state index is 4.90. The van der Waals surface area contributed by atoms with Gasteiger partial charge in [0.2, 0.25) is 0 Å². The lowest BCUT2D eigenvalue weighted by atomic mass is 10.3. The third-order valence-electron chi connectivity index (χ3n) is 1.02. The van der Waals surface area contributed by atoms with Crippen LogP contribution >= 0.6 is 23.0 Å². The van der Waals surface area contributed by atoms with Crippen LogP contribution in [0.4, 0.5) is 0 Å². The largest absolute Gasteiger partial charge is 0.433 e. The molecule has 0 saturated heterocycles. The van der Waals surface area contributed by atoms with E-state index in [9.17, 15) is 0 Å². The van der Waals surface area contributed by atoms with E-state index in [2.05, 4.69) is 6.58 Å². The van der Waals surface area contributed by atoms with Crippen molar-refractivity contribution in [2.75, 3.05) is 0 Å². The van der Waals surface area contributed by atoms with Gasteiger partial charge >= 0.3 is 0 Å². The van der Waals surface area contributed by atoms with Gasteiger partial charge in [-0.2, -0.15) is 0 Å². The van der Waals surface area contributed by atoms with E-state index in [0.29, 0.717) is 0 Å². The summed E-state index contributed by atoms with van der Waals surface area (Å²) in [5, 5.41) is 0. The van der Waals surface area contributed by atoms with Crippen molar-refractivity contribution in [2.24, 2.45) is 0 Å². The molecule has 0 heterocycles. The quantitative estimate of drug-likeness (QED) is 0.424. The van der Waals surface area contributed by atoms with E-state index in [1.54, 1.807) is 6.08 Å². The first-order valence-corrected chi connectivity index (χ1v) is 3.85. The number of rotatable bonds is 3. The zero-order valence-corrected chi connectivity index (χ0v) is 8.38. The van der Waals surface area contributed by atoms with Gasteiger partial charge in [0.05, 0.1) is 0 Å². The van der Waals surface area contributed by atoms with Gasteiger partial charge < -0.3 is 3.07 Å². The van der Waals surface area contributed by atoms with Crippen molar-refractivity contribution in [2.45, 2.75) is 13.8 Å². The lowest BCUT2D eigenvalue weighted by Crippen LogP contribution is -1.70. The highest BCUT2D eigenvalue weighted by Gasteiger charge is 1.81. The smallest absolute Gasteiger partial charge is 0.192 e. The molecule has 1 nitrogen and oxygen atoms in total. The van der Waals surface area contributed by atoms with Crippen LogP contribution in [-0.4, -0.2) is 0 Å². The van der Waals surface area contributed by atoms with Crippen LogP contribution < -0.4 is 0 Å². The van der Waals surface area contributed by atoms with Crippen LogP contribution in [0, 0.1) is 0 Å². The molecule has 0 aliphatic heterocycles. The number of allylic oxidation sites excluding steroid dienone is 5. The number of hydrogen-bond donors (Lipinski definition) is 0. The summed E-state index contributed by atoms with van der Waals surface area (Å²) in [5.74, 6) is 0.891. The second kappa shape index (κ2) is 5.53. The van der Waals surface area contributed by atoms with Gasteiger partial charge in [-0.05, 0) is 19.9 Å². The fourth-order valence-electron chi connectivity index (χ4n) is 0.343. The average molecular weight is 250 g/mol. The van der Waals surface area contributed by atoms with Crippen LogP contribution in [0.25, 0.3) is 0 Å². The lowest BCUT2D eigenvalue weighted by molar-refractivity contribution is 0.565. The van der Waals surface area contributed by atoms with E-state index in [1.807, 2.05) is 49.0 Å². The van der Waals surface area contributed by atoms with E-state index in [1.165, 1.54) is 0 Å². The van der Waals surface area contributed by atoms with Crippen molar-refractivity contribution < 1.29 is 3.07 Å². The Morgan fingerprint density at radius 2 is 2.00 bits per heavy atom. The molecule has 0 N–H and O–H groups in total. The second-order valence-corrected chi connectivity index (χ2v) is 2.41. The van der Waals surface area contributed by atoms with Gasteiger partial charge in [0.25, 0.3) is 0 Å². The standard InChI is InChI=1S/C8H11IO/c1-4-7(2)5-6-8(3)10-9/h4-6H,1H2,2-3H3/b7-5-,8-6+. The zero-order valence-electron chi connectivity index (χ0n) is 6.23. The summed E-state index contributed by atoms with van der Waals surface area (Å²) in [7, 11) is 0. The first-order valence-electron chi connectivity index (χ1n) is 2.97. The highest BCUT2D eigenvalue weighted by Crippen LogP contribution is 2.02. The number of hydrogen-bond acceptors (Lipinski definition) is 1. The van der Waals surface area contributed by atoms with Crippen LogP contribution in [0.2, 0.25) is 0 Å². The van der Waals surface area contributed by atoms with E-state index < -0.39 is 0 Å². The minimum absolute atomic E-state index is 0.891. The van der Waals surface area contributed by atoms with Gasteiger partial charge in [-0.3, -0.25) is 0 Å². The van der Waals surface area contributed by atoms with Crippen molar-refractivity contribution in [1.29, 1.82) is 0 Å². The molecule has 0 fully saturated rings. The average Bonchev–Trinajstić information content (AvgIpc) is 1.99. The third-order valence-corrected chi connectivity index (χ3v) is 1.72. The Balaban J connectivity index is 4.03. The van der Waals surface area contributed by atoms with Crippen LogP contribution in [-0.2, 0) is 3.07 Å². The molecule has 0 bridgehead atoms. The molecule has 0 aromatic rings. The monoisotopic (exact) mass is 250 g/mol.